The highest BCUT2D eigenvalue weighted by Crippen LogP contribution is 2.23. The highest BCUT2D eigenvalue weighted by Gasteiger charge is 2.12. The first-order valence-electron chi connectivity index (χ1n) is 10.0. The molecular weight excluding hydrogens is 388 g/mol. The SMILES string of the molecule is O=C(O)c1cccc2ccn(Cc3ccc(OCc4ccc5ccccc5n4)cc3)c12. The van der Waals surface area contributed by atoms with Crippen LogP contribution < -0.4 is 4.74 Å². The molecule has 1 N–H and O–H groups in total. The molecule has 31 heavy (non-hydrogen) atoms. The number of rotatable bonds is 6. The standard InChI is InChI=1S/C26H20N2O3/c29-26(30)23-6-3-5-20-14-15-28(25(20)23)16-18-8-12-22(13-9-18)31-17-21-11-10-19-4-1-2-7-24(19)27-21/h1-15H,16-17H2,(H,29,30). The van der Waals surface area contributed by atoms with Gasteiger partial charge in [0.15, 0.2) is 0 Å². The van der Waals surface area contributed by atoms with E-state index < -0.39 is 5.97 Å². The highest BCUT2D eigenvalue weighted by atomic mass is 16.5. The smallest absolute Gasteiger partial charge is 0.337 e. The molecule has 152 valence electrons. The van der Waals surface area contributed by atoms with E-state index in [4.69, 9.17) is 4.74 Å². The summed E-state index contributed by atoms with van der Waals surface area (Å²) in [5, 5.41) is 11.5. The maximum atomic E-state index is 11.6. The molecule has 5 aromatic rings. The number of aromatic carboxylic acids is 1. The molecule has 5 nitrogen and oxygen atoms in total. The van der Waals surface area contributed by atoms with Crippen molar-refractivity contribution in [3.8, 4) is 5.75 Å². The number of pyridine rings is 1. The Balaban J connectivity index is 1.30. The maximum Gasteiger partial charge on any atom is 0.337 e. The second-order valence-corrected chi connectivity index (χ2v) is 7.42. The second kappa shape index (κ2) is 7.95. The molecule has 3 aromatic carbocycles. The van der Waals surface area contributed by atoms with Crippen molar-refractivity contribution in [2.45, 2.75) is 13.2 Å². The lowest BCUT2D eigenvalue weighted by atomic mass is 10.1. The molecule has 0 aliphatic heterocycles. The fraction of sp³-hybridized carbons (Fsp3) is 0.0769. The molecule has 0 atom stereocenters. The van der Waals surface area contributed by atoms with Crippen LogP contribution in [0, 0.1) is 0 Å². The number of nitrogens with zero attached hydrogens (tertiary/aromatic N) is 2. The number of carboxylic acids is 1. The fourth-order valence-electron chi connectivity index (χ4n) is 3.80. The van der Waals surface area contributed by atoms with E-state index in [-0.39, 0.29) is 0 Å². The number of carboxylic acid groups (broad SMARTS) is 1. The van der Waals surface area contributed by atoms with Crippen LogP contribution in [0.15, 0.2) is 91.1 Å². The van der Waals surface area contributed by atoms with Crippen LogP contribution in [0.1, 0.15) is 21.6 Å². The van der Waals surface area contributed by atoms with Crippen molar-refractivity contribution < 1.29 is 14.6 Å². The van der Waals surface area contributed by atoms with E-state index in [0.29, 0.717) is 18.7 Å². The molecule has 5 rings (SSSR count). The first-order valence-corrected chi connectivity index (χ1v) is 10.0. The van der Waals surface area contributed by atoms with Crippen LogP contribution >= 0.6 is 0 Å². The van der Waals surface area contributed by atoms with Gasteiger partial charge in [-0.1, -0.05) is 48.5 Å². The summed E-state index contributed by atoms with van der Waals surface area (Å²) in [6.45, 7) is 0.981. The number of aromatic nitrogens is 2. The van der Waals surface area contributed by atoms with E-state index in [0.717, 1.165) is 38.8 Å². The molecule has 0 radical (unpaired) electrons. The van der Waals surface area contributed by atoms with Gasteiger partial charge in [-0.3, -0.25) is 0 Å². The normalized spacial score (nSPS) is 11.1. The van der Waals surface area contributed by atoms with E-state index >= 15 is 0 Å². The molecular formula is C26H20N2O3. The fourth-order valence-corrected chi connectivity index (χ4v) is 3.80. The highest BCUT2D eigenvalue weighted by molar-refractivity contribution is 6.02. The molecule has 0 spiro atoms. The summed E-state index contributed by atoms with van der Waals surface area (Å²) in [5.74, 6) is -0.154. The molecule has 5 heteroatoms. The molecule has 0 saturated heterocycles. The number of benzene rings is 3. The van der Waals surface area contributed by atoms with Crippen LogP contribution in [0.3, 0.4) is 0 Å². The lowest BCUT2D eigenvalue weighted by Crippen LogP contribution is -2.04. The summed E-state index contributed by atoms with van der Waals surface area (Å²) in [5.41, 5.74) is 3.94. The van der Waals surface area contributed by atoms with E-state index in [2.05, 4.69) is 11.1 Å². The molecule has 2 aromatic heterocycles. The zero-order valence-corrected chi connectivity index (χ0v) is 16.7. The van der Waals surface area contributed by atoms with Crippen molar-refractivity contribution >= 4 is 27.8 Å². The van der Waals surface area contributed by atoms with E-state index in [1.54, 1.807) is 12.1 Å². The van der Waals surface area contributed by atoms with Gasteiger partial charge in [-0.05, 0) is 42.0 Å². The first-order chi connectivity index (χ1) is 15.2. The van der Waals surface area contributed by atoms with Gasteiger partial charge in [-0.25, -0.2) is 9.78 Å². The van der Waals surface area contributed by atoms with Crippen LogP contribution in [0.4, 0.5) is 0 Å². The number of fused-ring (bicyclic) bond motifs is 2. The Morgan fingerprint density at radius 3 is 2.52 bits per heavy atom. The van der Waals surface area contributed by atoms with Gasteiger partial charge in [0, 0.05) is 23.5 Å². The first kappa shape index (κ1) is 18.9. The van der Waals surface area contributed by atoms with Gasteiger partial charge in [-0.15, -0.1) is 0 Å². The summed E-state index contributed by atoms with van der Waals surface area (Å²) in [7, 11) is 0. The minimum atomic E-state index is -0.920. The van der Waals surface area contributed by atoms with Gasteiger partial charge in [0.1, 0.15) is 12.4 Å². The monoisotopic (exact) mass is 408 g/mol. The van der Waals surface area contributed by atoms with Crippen LogP contribution in [0.5, 0.6) is 5.75 Å². The van der Waals surface area contributed by atoms with Gasteiger partial charge in [0.05, 0.1) is 22.3 Å². The number of hydrogen-bond donors (Lipinski definition) is 1. The third kappa shape index (κ3) is 3.85. The topological polar surface area (TPSA) is 64.3 Å². The Morgan fingerprint density at radius 1 is 0.871 bits per heavy atom. The largest absolute Gasteiger partial charge is 0.487 e. The Labute approximate surface area is 179 Å². The molecule has 0 amide bonds. The molecule has 0 aliphatic carbocycles. The second-order valence-electron chi connectivity index (χ2n) is 7.42. The quantitative estimate of drug-likeness (QED) is 0.402. The maximum absolute atomic E-state index is 11.6. The van der Waals surface area contributed by atoms with Gasteiger partial charge in [0.2, 0.25) is 0 Å². The summed E-state index contributed by atoms with van der Waals surface area (Å²) in [4.78, 5) is 16.2. The molecule has 0 bridgehead atoms. The molecule has 0 saturated carbocycles. The Kier molecular flexibility index (Phi) is 4.84. The number of carbonyl (C=O) groups is 1. The van der Waals surface area contributed by atoms with Crippen molar-refractivity contribution in [1.82, 2.24) is 9.55 Å². The van der Waals surface area contributed by atoms with Gasteiger partial charge in [-0.2, -0.15) is 0 Å². The average molecular weight is 408 g/mol. The van der Waals surface area contributed by atoms with Crippen molar-refractivity contribution in [3.05, 3.63) is 108 Å². The van der Waals surface area contributed by atoms with Crippen LogP contribution in [0.2, 0.25) is 0 Å². The lowest BCUT2D eigenvalue weighted by molar-refractivity contribution is 0.0698. The third-order valence-corrected chi connectivity index (χ3v) is 5.34. The van der Waals surface area contributed by atoms with Crippen molar-refractivity contribution in [3.63, 3.8) is 0 Å². The number of ether oxygens (including phenoxy) is 1. The number of para-hydroxylation sites is 2. The Hall–Kier alpha value is -4.12. The zero-order chi connectivity index (χ0) is 21.2. The third-order valence-electron chi connectivity index (χ3n) is 5.34. The summed E-state index contributed by atoms with van der Waals surface area (Å²) in [6, 6.07) is 27.2. The minimum absolute atomic E-state index is 0.310. The van der Waals surface area contributed by atoms with Gasteiger partial charge >= 0.3 is 5.97 Å². The van der Waals surface area contributed by atoms with Gasteiger partial charge in [0.25, 0.3) is 0 Å². The van der Waals surface area contributed by atoms with E-state index in [1.807, 2.05) is 77.5 Å². The van der Waals surface area contributed by atoms with E-state index in [1.165, 1.54) is 0 Å². The average Bonchev–Trinajstić information content (AvgIpc) is 3.21. The zero-order valence-electron chi connectivity index (χ0n) is 16.7. The summed E-state index contributed by atoms with van der Waals surface area (Å²) < 4.78 is 7.87. The van der Waals surface area contributed by atoms with E-state index in [9.17, 15) is 9.90 Å². The van der Waals surface area contributed by atoms with Crippen molar-refractivity contribution in [1.29, 1.82) is 0 Å². The molecule has 0 aliphatic rings. The minimum Gasteiger partial charge on any atom is -0.487 e. The summed E-state index contributed by atoms with van der Waals surface area (Å²) >= 11 is 0. The molecule has 0 fully saturated rings. The predicted octanol–water partition coefficient (Wildman–Crippen LogP) is 5.52. The number of hydrogen-bond acceptors (Lipinski definition) is 3. The van der Waals surface area contributed by atoms with Crippen molar-refractivity contribution in [2.24, 2.45) is 0 Å². The Morgan fingerprint density at radius 2 is 1.68 bits per heavy atom. The van der Waals surface area contributed by atoms with Crippen LogP contribution in [-0.2, 0) is 13.2 Å². The molecule has 2 heterocycles. The van der Waals surface area contributed by atoms with Crippen LogP contribution in [0.25, 0.3) is 21.8 Å². The lowest BCUT2D eigenvalue weighted by Gasteiger charge is -2.10. The van der Waals surface area contributed by atoms with Crippen LogP contribution in [-0.4, -0.2) is 20.6 Å². The predicted molar refractivity (Wildman–Crippen MR) is 121 cm³/mol. The Bertz CT molecular complexity index is 1390. The molecule has 0 unspecified atom stereocenters. The van der Waals surface area contributed by atoms with Gasteiger partial charge < -0.3 is 14.4 Å². The van der Waals surface area contributed by atoms with Crippen molar-refractivity contribution in [2.75, 3.05) is 0 Å². The summed E-state index contributed by atoms with van der Waals surface area (Å²) in [6.07, 6.45) is 1.92.